The minimum absolute atomic E-state index is 0.468. The van der Waals surface area contributed by atoms with Crippen molar-refractivity contribution in [3.05, 3.63) is 47.5 Å². The summed E-state index contributed by atoms with van der Waals surface area (Å²) in [5.74, 6) is 0.591. The van der Waals surface area contributed by atoms with Crippen LogP contribution in [0.5, 0.6) is 0 Å². The van der Waals surface area contributed by atoms with Crippen molar-refractivity contribution >= 4 is 17.6 Å². The zero-order valence-electron chi connectivity index (χ0n) is 11.0. The SMILES string of the molecule is NC(=NCc1c(Cl)cccc1-n1ccnc1)N1CCC1. The van der Waals surface area contributed by atoms with Gasteiger partial charge in [0.25, 0.3) is 0 Å². The van der Waals surface area contributed by atoms with Crippen molar-refractivity contribution in [3.8, 4) is 5.69 Å². The molecule has 0 saturated carbocycles. The minimum Gasteiger partial charge on any atom is -0.370 e. The molecule has 1 aliphatic rings. The molecule has 0 aliphatic carbocycles. The lowest BCUT2D eigenvalue weighted by Crippen LogP contribution is -2.46. The van der Waals surface area contributed by atoms with Crippen LogP contribution in [0.25, 0.3) is 5.69 Å². The number of nitrogens with two attached hydrogens (primary N) is 1. The van der Waals surface area contributed by atoms with Crippen molar-refractivity contribution in [2.24, 2.45) is 10.7 Å². The van der Waals surface area contributed by atoms with Crippen LogP contribution < -0.4 is 5.73 Å². The molecule has 2 aromatic rings. The van der Waals surface area contributed by atoms with Crippen molar-refractivity contribution in [3.63, 3.8) is 0 Å². The number of halogens is 1. The van der Waals surface area contributed by atoms with Crippen LogP contribution in [0.4, 0.5) is 0 Å². The van der Waals surface area contributed by atoms with Crippen molar-refractivity contribution in [2.75, 3.05) is 13.1 Å². The monoisotopic (exact) mass is 289 g/mol. The molecular formula is C14H16ClN5. The van der Waals surface area contributed by atoms with E-state index in [4.69, 9.17) is 17.3 Å². The van der Waals surface area contributed by atoms with Crippen LogP contribution in [-0.2, 0) is 6.54 Å². The maximum absolute atomic E-state index is 6.30. The average molecular weight is 290 g/mol. The Balaban J connectivity index is 1.88. The van der Waals surface area contributed by atoms with E-state index in [9.17, 15) is 0 Å². The fourth-order valence-electron chi connectivity index (χ4n) is 2.15. The van der Waals surface area contributed by atoms with Gasteiger partial charge in [-0.1, -0.05) is 17.7 Å². The number of imidazole rings is 1. The summed E-state index contributed by atoms with van der Waals surface area (Å²) < 4.78 is 1.93. The molecule has 1 aromatic carbocycles. The maximum Gasteiger partial charge on any atom is 0.191 e. The Morgan fingerprint density at radius 3 is 2.90 bits per heavy atom. The van der Waals surface area contributed by atoms with Gasteiger partial charge >= 0.3 is 0 Å². The van der Waals surface area contributed by atoms with E-state index in [0.29, 0.717) is 17.5 Å². The topological polar surface area (TPSA) is 59.4 Å². The van der Waals surface area contributed by atoms with E-state index in [0.717, 1.165) is 24.3 Å². The quantitative estimate of drug-likeness (QED) is 0.695. The van der Waals surface area contributed by atoms with E-state index in [1.165, 1.54) is 6.42 Å². The molecule has 1 aliphatic heterocycles. The fourth-order valence-corrected chi connectivity index (χ4v) is 2.38. The first-order valence-electron chi connectivity index (χ1n) is 6.56. The summed E-state index contributed by atoms with van der Waals surface area (Å²) in [7, 11) is 0. The molecule has 2 N–H and O–H groups in total. The second kappa shape index (κ2) is 5.54. The van der Waals surface area contributed by atoms with E-state index in [1.807, 2.05) is 29.0 Å². The lowest BCUT2D eigenvalue weighted by atomic mass is 10.1. The molecule has 104 valence electrons. The smallest absolute Gasteiger partial charge is 0.191 e. The van der Waals surface area contributed by atoms with Gasteiger partial charge in [0.05, 0.1) is 18.6 Å². The highest BCUT2D eigenvalue weighted by Crippen LogP contribution is 2.24. The lowest BCUT2D eigenvalue weighted by molar-refractivity contribution is 0.295. The number of benzene rings is 1. The van der Waals surface area contributed by atoms with E-state index in [2.05, 4.69) is 14.9 Å². The molecule has 0 spiro atoms. The molecule has 1 fully saturated rings. The normalized spacial score (nSPS) is 15.2. The van der Waals surface area contributed by atoms with Gasteiger partial charge in [-0.15, -0.1) is 0 Å². The van der Waals surface area contributed by atoms with Crippen LogP contribution in [0.1, 0.15) is 12.0 Å². The summed E-state index contributed by atoms with van der Waals surface area (Å²) in [6.07, 6.45) is 6.56. The molecule has 0 radical (unpaired) electrons. The highest BCUT2D eigenvalue weighted by Gasteiger charge is 2.16. The molecule has 1 saturated heterocycles. The van der Waals surface area contributed by atoms with Crippen LogP contribution in [0.15, 0.2) is 41.9 Å². The van der Waals surface area contributed by atoms with Gasteiger partial charge in [-0.05, 0) is 18.6 Å². The Morgan fingerprint density at radius 1 is 1.40 bits per heavy atom. The zero-order chi connectivity index (χ0) is 13.9. The van der Waals surface area contributed by atoms with Gasteiger partial charge < -0.3 is 15.2 Å². The molecule has 0 bridgehead atoms. The largest absolute Gasteiger partial charge is 0.370 e. The van der Waals surface area contributed by atoms with E-state index in [-0.39, 0.29) is 0 Å². The number of nitrogens with zero attached hydrogens (tertiary/aromatic N) is 4. The highest BCUT2D eigenvalue weighted by atomic mass is 35.5. The predicted molar refractivity (Wildman–Crippen MR) is 80.1 cm³/mol. The van der Waals surface area contributed by atoms with Gasteiger partial charge in [-0.25, -0.2) is 9.98 Å². The summed E-state index contributed by atoms with van der Waals surface area (Å²) in [5, 5.41) is 0.691. The second-order valence-corrected chi connectivity index (χ2v) is 5.13. The molecule has 3 rings (SSSR count). The van der Waals surface area contributed by atoms with E-state index in [1.54, 1.807) is 12.5 Å². The van der Waals surface area contributed by atoms with E-state index >= 15 is 0 Å². The van der Waals surface area contributed by atoms with Gasteiger partial charge in [0.2, 0.25) is 0 Å². The summed E-state index contributed by atoms with van der Waals surface area (Å²) in [5.41, 5.74) is 7.90. The number of likely N-dealkylation sites (tertiary alicyclic amines) is 1. The van der Waals surface area contributed by atoms with Gasteiger partial charge in [0, 0.05) is 36.1 Å². The molecule has 20 heavy (non-hydrogen) atoms. The number of hydrogen-bond acceptors (Lipinski definition) is 2. The summed E-state index contributed by atoms with van der Waals surface area (Å²) >= 11 is 6.30. The first-order chi connectivity index (χ1) is 9.75. The van der Waals surface area contributed by atoms with Gasteiger partial charge in [0.1, 0.15) is 0 Å². The van der Waals surface area contributed by atoms with Gasteiger partial charge in [-0.3, -0.25) is 0 Å². The Hall–Kier alpha value is -2.01. The van der Waals surface area contributed by atoms with Gasteiger partial charge in [-0.2, -0.15) is 0 Å². The fraction of sp³-hybridized carbons (Fsp3) is 0.286. The van der Waals surface area contributed by atoms with Crippen molar-refractivity contribution in [1.82, 2.24) is 14.5 Å². The Bertz CT molecular complexity index is 616. The third-order valence-electron chi connectivity index (χ3n) is 3.46. The Labute approximate surface area is 122 Å². The standard InChI is InChI=1S/C14H16ClN5/c15-12-3-1-4-13(20-8-5-17-10-20)11(12)9-18-14(16)19-6-2-7-19/h1,3-5,8,10H,2,6-7,9H2,(H2,16,18). The first kappa shape index (κ1) is 13.0. The molecular weight excluding hydrogens is 274 g/mol. The highest BCUT2D eigenvalue weighted by molar-refractivity contribution is 6.31. The van der Waals surface area contributed by atoms with E-state index < -0.39 is 0 Å². The van der Waals surface area contributed by atoms with Crippen LogP contribution >= 0.6 is 11.6 Å². The third-order valence-corrected chi connectivity index (χ3v) is 3.81. The number of aliphatic imine (C=N–C) groups is 1. The molecule has 5 nitrogen and oxygen atoms in total. The van der Waals surface area contributed by atoms with Crippen molar-refractivity contribution in [1.29, 1.82) is 0 Å². The summed E-state index contributed by atoms with van der Waals surface area (Å²) in [6, 6.07) is 5.79. The van der Waals surface area contributed by atoms with Crippen molar-refractivity contribution < 1.29 is 0 Å². The summed E-state index contributed by atoms with van der Waals surface area (Å²) in [4.78, 5) is 10.6. The first-order valence-corrected chi connectivity index (χ1v) is 6.94. The van der Waals surface area contributed by atoms with Gasteiger partial charge in [0.15, 0.2) is 5.96 Å². The summed E-state index contributed by atoms with van der Waals surface area (Å²) in [6.45, 7) is 2.45. The number of aromatic nitrogens is 2. The second-order valence-electron chi connectivity index (χ2n) is 4.72. The maximum atomic E-state index is 6.30. The molecule has 0 unspecified atom stereocenters. The molecule has 2 heterocycles. The third kappa shape index (κ3) is 2.49. The molecule has 6 heteroatoms. The average Bonchev–Trinajstić information content (AvgIpc) is 2.88. The number of rotatable bonds is 3. The lowest BCUT2D eigenvalue weighted by Gasteiger charge is -2.31. The molecule has 0 amide bonds. The number of guanidine groups is 1. The molecule has 0 atom stereocenters. The molecule has 1 aromatic heterocycles. The van der Waals surface area contributed by atoms with Crippen LogP contribution in [0, 0.1) is 0 Å². The Kier molecular flexibility index (Phi) is 3.60. The minimum atomic E-state index is 0.468. The Morgan fingerprint density at radius 2 is 2.25 bits per heavy atom. The number of hydrogen-bond donors (Lipinski definition) is 1. The van der Waals surface area contributed by atoms with Crippen LogP contribution in [0.2, 0.25) is 5.02 Å². The van der Waals surface area contributed by atoms with Crippen molar-refractivity contribution in [2.45, 2.75) is 13.0 Å². The predicted octanol–water partition coefficient (Wildman–Crippen LogP) is 2.05. The van der Waals surface area contributed by atoms with Crippen LogP contribution in [0.3, 0.4) is 0 Å². The van der Waals surface area contributed by atoms with Crippen LogP contribution in [-0.4, -0.2) is 33.5 Å². The zero-order valence-corrected chi connectivity index (χ0v) is 11.8.